The van der Waals surface area contributed by atoms with Gasteiger partial charge in [-0.1, -0.05) is 18.2 Å². The van der Waals surface area contributed by atoms with Crippen LogP contribution in [-0.4, -0.2) is 24.6 Å². The first-order valence-electron chi connectivity index (χ1n) is 7.56. The van der Waals surface area contributed by atoms with Crippen LogP contribution in [0.15, 0.2) is 48.7 Å². The van der Waals surface area contributed by atoms with Crippen molar-refractivity contribution in [3.05, 3.63) is 71.4 Å². The standard InChI is InChI=1S/C18H16F2N2O3/c1-24-10-17(25-22-18(23)11-5-3-2-4-6-11)13-9-21-16-8-15(20)14(19)7-12(13)16/h2-9,17,21H,10H2,1H3,(H,22,23). The highest BCUT2D eigenvalue weighted by molar-refractivity contribution is 5.93. The fourth-order valence-corrected chi connectivity index (χ4v) is 2.52. The highest BCUT2D eigenvalue weighted by Crippen LogP contribution is 2.28. The van der Waals surface area contributed by atoms with Gasteiger partial charge in [0.1, 0.15) is 6.10 Å². The number of ether oxygens (including phenoxy) is 1. The lowest BCUT2D eigenvalue weighted by Gasteiger charge is -2.16. The summed E-state index contributed by atoms with van der Waals surface area (Å²) in [7, 11) is 1.48. The molecule has 1 atom stereocenters. The van der Waals surface area contributed by atoms with Gasteiger partial charge >= 0.3 is 0 Å². The van der Waals surface area contributed by atoms with E-state index in [1.54, 1.807) is 36.5 Å². The number of carbonyl (C=O) groups is 1. The molecule has 0 saturated heterocycles. The van der Waals surface area contributed by atoms with E-state index in [1.807, 2.05) is 0 Å². The van der Waals surface area contributed by atoms with E-state index in [0.717, 1.165) is 12.1 Å². The Hall–Kier alpha value is -2.77. The molecule has 0 saturated carbocycles. The number of methoxy groups -OCH3 is 1. The molecule has 1 amide bonds. The Morgan fingerprint density at radius 2 is 1.92 bits per heavy atom. The first-order chi connectivity index (χ1) is 12.1. The van der Waals surface area contributed by atoms with Crippen LogP contribution in [0.2, 0.25) is 0 Å². The molecule has 1 heterocycles. The van der Waals surface area contributed by atoms with Crippen LogP contribution >= 0.6 is 0 Å². The molecule has 0 aliphatic heterocycles. The molecule has 3 rings (SSSR count). The summed E-state index contributed by atoms with van der Waals surface area (Å²) in [4.78, 5) is 20.4. The van der Waals surface area contributed by atoms with E-state index in [-0.39, 0.29) is 6.61 Å². The summed E-state index contributed by atoms with van der Waals surface area (Å²) in [5, 5.41) is 0.454. The Balaban J connectivity index is 1.82. The van der Waals surface area contributed by atoms with Gasteiger partial charge < -0.3 is 9.72 Å². The van der Waals surface area contributed by atoms with E-state index in [0.29, 0.717) is 22.0 Å². The second-order valence-corrected chi connectivity index (χ2v) is 5.41. The minimum absolute atomic E-state index is 0.112. The minimum Gasteiger partial charge on any atom is -0.382 e. The van der Waals surface area contributed by atoms with Crippen LogP contribution in [0.3, 0.4) is 0 Å². The summed E-state index contributed by atoms with van der Waals surface area (Å²) in [5.41, 5.74) is 3.77. The zero-order valence-electron chi connectivity index (χ0n) is 13.4. The lowest BCUT2D eigenvalue weighted by molar-refractivity contribution is -0.0494. The van der Waals surface area contributed by atoms with Gasteiger partial charge in [0, 0.05) is 41.4 Å². The van der Waals surface area contributed by atoms with Crippen molar-refractivity contribution in [1.29, 1.82) is 0 Å². The molecule has 1 aromatic heterocycles. The van der Waals surface area contributed by atoms with Crippen molar-refractivity contribution < 1.29 is 23.1 Å². The highest BCUT2D eigenvalue weighted by atomic mass is 19.2. The van der Waals surface area contributed by atoms with Gasteiger partial charge in [-0.2, -0.15) is 0 Å². The number of aromatic amines is 1. The lowest BCUT2D eigenvalue weighted by Crippen LogP contribution is -2.27. The molecule has 1 unspecified atom stereocenters. The molecule has 0 aliphatic rings. The Labute approximate surface area is 142 Å². The Kier molecular flexibility index (Phi) is 5.06. The maximum atomic E-state index is 13.6. The number of carbonyl (C=O) groups excluding carboxylic acids is 1. The molecule has 25 heavy (non-hydrogen) atoms. The van der Waals surface area contributed by atoms with E-state index in [9.17, 15) is 13.6 Å². The fraction of sp³-hybridized carbons (Fsp3) is 0.167. The summed E-state index contributed by atoms with van der Waals surface area (Å²) in [6, 6.07) is 10.7. The number of hydroxylamine groups is 1. The van der Waals surface area contributed by atoms with Crippen molar-refractivity contribution in [1.82, 2.24) is 10.5 Å². The predicted octanol–water partition coefficient (Wildman–Crippen LogP) is 3.50. The van der Waals surface area contributed by atoms with Gasteiger partial charge in [0.25, 0.3) is 5.91 Å². The van der Waals surface area contributed by atoms with Crippen molar-refractivity contribution in [2.75, 3.05) is 13.7 Å². The molecule has 2 aromatic carbocycles. The second kappa shape index (κ2) is 7.42. The third kappa shape index (κ3) is 3.67. The zero-order valence-corrected chi connectivity index (χ0v) is 13.4. The van der Waals surface area contributed by atoms with Gasteiger partial charge in [-0.15, -0.1) is 0 Å². The second-order valence-electron chi connectivity index (χ2n) is 5.41. The van der Waals surface area contributed by atoms with E-state index >= 15 is 0 Å². The van der Waals surface area contributed by atoms with Gasteiger partial charge in [-0.05, 0) is 18.2 Å². The van der Waals surface area contributed by atoms with Gasteiger partial charge in [0.05, 0.1) is 6.61 Å². The summed E-state index contributed by atoms with van der Waals surface area (Å²) >= 11 is 0. The van der Waals surface area contributed by atoms with Crippen LogP contribution in [0.5, 0.6) is 0 Å². The number of nitrogens with one attached hydrogen (secondary N) is 2. The molecule has 130 valence electrons. The number of H-pyrrole nitrogens is 1. The van der Waals surface area contributed by atoms with Crippen LogP contribution in [-0.2, 0) is 9.57 Å². The van der Waals surface area contributed by atoms with Gasteiger partial charge in [0.2, 0.25) is 0 Å². The third-order valence-corrected chi connectivity index (χ3v) is 3.75. The lowest BCUT2D eigenvalue weighted by atomic mass is 10.1. The van der Waals surface area contributed by atoms with Crippen LogP contribution < -0.4 is 5.48 Å². The Morgan fingerprint density at radius 3 is 2.64 bits per heavy atom. The zero-order chi connectivity index (χ0) is 17.8. The normalized spacial score (nSPS) is 12.3. The quantitative estimate of drug-likeness (QED) is 0.672. The summed E-state index contributed by atoms with van der Waals surface area (Å²) in [5.74, 6) is -2.32. The number of hydrogen-bond acceptors (Lipinski definition) is 3. The maximum Gasteiger partial charge on any atom is 0.274 e. The third-order valence-electron chi connectivity index (χ3n) is 3.75. The monoisotopic (exact) mass is 346 g/mol. The van der Waals surface area contributed by atoms with Gasteiger partial charge in [0.15, 0.2) is 11.6 Å². The molecule has 7 heteroatoms. The SMILES string of the molecule is COCC(ONC(=O)c1ccccc1)c1c[nH]c2cc(F)c(F)cc12. The van der Waals surface area contributed by atoms with E-state index in [1.165, 1.54) is 7.11 Å². The summed E-state index contributed by atoms with van der Waals surface area (Å²) in [6.07, 6.45) is 0.873. The molecule has 3 aromatic rings. The summed E-state index contributed by atoms with van der Waals surface area (Å²) in [6.45, 7) is 0.112. The Bertz CT molecular complexity index is 881. The van der Waals surface area contributed by atoms with Crippen molar-refractivity contribution in [2.24, 2.45) is 0 Å². The van der Waals surface area contributed by atoms with Crippen molar-refractivity contribution in [3.63, 3.8) is 0 Å². The van der Waals surface area contributed by atoms with E-state index < -0.39 is 23.6 Å². The van der Waals surface area contributed by atoms with Gasteiger partial charge in [-0.25, -0.2) is 14.3 Å². The van der Waals surface area contributed by atoms with Gasteiger partial charge in [-0.3, -0.25) is 9.63 Å². The smallest absolute Gasteiger partial charge is 0.274 e. The number of aromatic nitrogens is 1. The van der Waals surface area contributed by atoms with Crippen molar-refractivity contribution >= 4 is 16.8 Å². The predicted molar refractivity (Wildman–Crippen MR) is 87.8 cm³/mol. The molecule has 0 radical (unpaired) electrons. The number of rotatable bonds is 6. The number of fused-ring (bicyclic) bond motifs is 1. The molecule has 0 aliphatic carbocycles. The first kappa shape index (κ1) is 17.1. The first-order valence-corrected chi connectivity index (χ1v) is 7.56. The van der Waals surface area contributed by atoms with Crippen molar-refractivity contribution in [3.8, 4) is 0 Å². The Morgan fingerprint density at radius 1 is 1.20 bits per heavy atom. The number of hydrogen-bond donors (Lipinski definition) is 2. The molecule has 0 spiro atoms. The molecule has 2 N–H and O–H groups in total. The number of benzene rings is 2. The molecular weight excluding hydrogens is 330 g/mol. The fourth-order valence-electron chi connectivity index (χ4n) is 2.52. The maximum absolute atomic E-state index is 13.6. The number of amides is 1. The summed E-state index contributed by atoms with van der Waals surface area (Å²) < 4.78 is 32.0. The largest absolute Gasteiger partial charge is 0.382 e. The van der Waals surface area contributed by atoms with Crippen LogP contribution in [0.4, 0.5) is 8.78 Å². The highest BCUT2D eigenvalue weighted by Gasteiger charge is 2.20. The van der Waals surface area contributed by atoms with E-state index in [4.69, 9.17) is 9.57 Å². The topological polar surface area (TPSA) is 63.4 Å². The average molecular weight is 346 g/mol. The van der Waals surface area contributed by atoms with Crippen LogP contribution in [0.1, 0.15) is 22.0 Å². The van der Waals surface area contributed by atoms with Crippen molar-refractivity contribution in [2.45, 2.75) is 6.10 Å². The minimum atomic E-state index is -0.960. The molecular formula is C18H16F2N2O3. The molecule has 5 nitrogen and oxygen atoms in total. The van der Waals surface area contributed by atoms with Crippen LogP contribution in [0.25, 0.3) is 10.9 Å². The molecule has 0 fully saturated rings. The van der Waals surface area contributed by atoms with Crippen LogP contribution in [0, 0.1) is 11.6 Å². The number of halogens is 2. The molecule has 0 bridgehead atoms. The van der Waals surface area contributed by atoms with E-state index in [2.05, 4.69) is 10.5 Å². The average Bonchev–Trinajstić information content (AvgIpc) is 3.02.